The van der Waals surface area contributed by atoms with Crippen LogP contribution in [0.2, 0.25) is 0 Å². The van der Waals surface area contributed by atoms with E-state index in [-0.39, 0.29) is 23.9 Å². The maximum absolute atomic E-state index is 12.6. The zero-order valence-corrected chi connectivity index (χ0v) is 16.6. The standard InChI is InChI=1S/C19H22N6O2S/c1-11-13(12(2)25-19(22-11)20-10-21-25)5-7-16(26)23-14-6-8-17(27)24-18(14)15-4-3-9-28-15/h3-4,9-10,14,18H,5-8H2,1-2H3,(H,23,26)(H,24,27)/t14-,18-/m1/s1. The van der Waals surface area contributed by atoms with Crippen LogP contribution in [0.4, 0.5) is 0 Å². The van der Waals surface area contributed by atoms with Gasteiger partial charge in [0.05, 0.1) is 12.1 Å². The molecular formula is C19H22N6O2S. The molecule has 0 saturated carbocycles. The van der Waals surface area contributed by atoms with E-state index in [1.807, 2.05) is 31.4 Å². The molecule has 2 N–H and O–H groups in total. The summed E-state index contributed by atoms with van der Waals surface area (Å²) in [5, 5.41) is 12.3. The molecule has 4 heterocycles. The Hall–Kier alpha value is -2.81. The van der Waals surface area contributed by atoms with Gasteiger partial charge < -0.3 is 10.6 Å². The third kappa shape index (κ3) is 3.62. The number of nitrogens with zero attached hydrogens (tertiary/aromatic N) is 4. The smallest absolute Gasteiger partial charge is 0.252 e. The number of nitrogens with one attached hydrogen (secondary N) is 2. The first kappa shape index (κ1) is 18.5. The van der Waals surface area contributed by atoms with Gasteiger partial charge >= 0.3 is 0 Å². The summed E-state index contributed by atoms with van der Waals surface area (Å²) in [5.41, 5.74) is 2.83. The van der Waals surface area contributed by atoms with E-state index < -0.39 is 0 Å². The highest BCUT2D eigenvalue weighted by atomic mass is 32.1. The number of carbonyl (C=O) groups is 2. The lowest BCUT2D eigenvalue weighted by Gasteiger charge is -2.32. The van der Waals surface area contributed by atoms with E-state index >= 15 is 0 Å². The van der Waals surface area contributed by atoms with Crippen molar-refractivity contribution in [2.24, 2.45) is 0 Å². The quantitative estimate of drug-likeness (QED) is 0.683. The topological polar surface area (TPSA) is 101 Å². The number of fused-ring (bicyclic) bond motifs is 1. The van der Waals surface area contributed by atoms with Crippen molar-refractivity contribution in [1.82, 2.24) is 30.2 Å². The van der Waals surface area contributed by atoms with Crippen molar-refractivity contribution >= 4 is 28.9 Å². The van der Waals surface area contributed by atoms with E-state index in [4.69, 9.17) is 0 Å². The summed E-state index contributed by atoms with van der Waals surface area (Å²) in [5.74, 6) is 0.572. The van der Waals surface area contributed by atoms with Gasteiger partial charge in [0.1, 0.15) is 6.33 Å². The van der Waals surface area contributed by atoms with Crippen molar-refractivity contribution in [3.63, 3.8) is 0 Å². The van der Waals surface area contributed by atoms with Gasteiger partial charge in [-0.25, -0.2) is 9.50 Å². The summed E-state index contributed by atoms with van der Waals surface area (Å²) in [4.78, 5) is 34.1. The number of carbonyl (C=O) groups excluding carboxylic acids is 2. The van der Waals surface area contributed by atoms with E-state index in [0.29, 0.717) is 31.5 Å². The largest absolute Gasteiger partial charge is 0.351 e. The maximum Gasteiger partial charge on any atom is 0.252 e. The molecule has 0 aliphatic carbocycles. The minimum absolute atomic E-state index is 0.0276. The van der Waals surface area contributed by atoms with Gasteiger partial charge in [0.15, 0.2) is 0 Å². The number of aryl methyl sites for hydroxylation is 2. The molecule has 0 aromatic carbocycles. The molecule has 0 radical (unpaired) electrons. The molecule has 3 aromatic rings. The Balaban J connectivity index is 1.43. The first-order chi connectivity index (χ1) is 13.5. The number of rotatable bonds is 5. The van der Waals surface area contributed by atoms with Crippen LogP contribution >= 0.6 is 11.3 Å². The van der Waals surface area contributed by atoms with Crippen molar-refractivity contribution in [2.45, 2.75) is 51.6 Å². The van der Waals surface area contributed by atoms with Crippen LogP contribution in [0.3, 0.4) is 0 Å². The zero-order valence-electron chi connectivity index (χ0n) is 15.8. The molecule has 2 amide bonds. The van der Waals surface area contributed by atoms with Gasteiger partial charge in [-0.2, -0.15) is 10.1 Å². The number of thiophene rings is 1. The van der Waals surface area contributed by atoms with E-state index in [0.717, 1.165) is 21.8 Å². The molecule has 0 unspecified atom stereocenters. The molecule has 1 fully saturated rings. The number of hydrogen-bond donors (Lipinski definition) is 2. The van der Waals surface area contributed by atoms with Gasteiger partial charge in [-0.3, -0.25) is 9.59 Å². The van der Waals surface area contributed by atoms with E-state index in [1.165, 1.54) is 6.33 Å². The molecule has 1 aliphatic heterocycles. The molecule has 9 heteroatoms. The Morgan fingerprint density at radius 2 is 2.29 bits per heavy atom. The highest BCUT2D eigenvalue weighted by molar-refractivity contribution is 7.10. The van der Waals surface area contributed by atoms with Gasteiger partial charge in [-0.15, -0.1) is 11.3 Å². The Labute approximate surface area is 166 Å². The highest BCUT2D eigenvalue weighted by Gasteiger charge is 2.31. The molecule has 2 atom stereocenters. The normalized spacial score (nSPS) is 19.6. The second-order valence-electron chi connectivity index (χ2n) is 7.01. The third-order valence-corrected chi connectivity index (χ3v) is 6.14. The lowest BCUT2D eigenvalue weighted by atomic mass is 9.96. The van der Waals surface area contributed by atoms with Crippen molar-refractivity contribution in [3.05, 3.63) is 45.7 Å². The highest BCUT2D eigenvalue weighted by Crippen LogP contribution is 2.27. The molecular weight excluding hydrogens is 376 g/mol. The minimum Gasteiger partial charge on any atom is -0.351 e. The van der Waals surface area contributed by atoms with Crippen LogP contribution in [0, 0.1) is 13.8 Å². The number of amides is 2. The van der Waals surface area contributed by atoms with Crippen molar-refractivity contribution in [2.75, 3.05) is 0 Å². The number of aromatic nitrogens is 4. The summed E-state index contributed by atoms with van der Waals surface area (Å²) >= 11 is 1.59. The van der Waals surface area contributed by atoms with Gasteiger partial charge in [0.2, 0.25) is 11.8 Å². The molecule has 1 saturated heterocycles. The van der Waals surface area contributed by atoms with Gasteiger partial charge in [-0.05, 0) is 43.7 Å². The van der Waals surface area contributed by atoms with Crippen LogP contribution in [0.15, 0.2) is 23.8 Å². The number of piperidine rings is 1. The fraction of sp³-hybridized carbons (Fsp3) is 0.421. The van der Waals surface area contributed by atoms with Crippen molar-refractivity contribution in [1.29, 1.82) is 0 Å². The van der Waals surface area contributed by atoms with Crippen LogP contribution in [0.25, 0.3) is 5.78 Å². The Bertz CT molecular complexity index is 1010. The second-order valence-corrected chi connectivity index (χ2v) is 7.99. The van der Waals surface area contributed by atoms with E-state index in [9.17, 15) is 9.59 Å². The Kier molecular flexibility index (Phi) is 5.08. The fourth-order valence-corrected chi connectivity index (χ4v) is 4.57. The first-order valence-corrected chi connectivity index (χ1v) is 10.2. The molecule has 1 aliphatic rings. The van der Waals surface area contributed by atoms with Crippen LogP contribution in [0.1, 0.15) is 47.1 Å². The summed E-state index contributed by atoms with van der Waals surface area (Å²) in [6.45, 7) is 3.89. The molecule has 0 spiro atoms. The van der Waals surface area contributed by atoms with E-state index in [1.54, 1.807) is 15.9 Å². The monoisotopic (exact) mass is 398 g/mol. The summed E-state index contributed by atoms with van der Waals surface area (Å²) in [7, 11) is 0. The summed E-state index contributed by atoms with van der Waals surface area (Å²) in [6, 6.07) is 3.69. The average Bonchev–Trinajstić information content (AvgIpc) is 3.34. The Morgan fingerprint density at radius 1 is 1.43 bits per heavy atom. The Morgan fingerprint density at radius 3 is 3.07 bits per heavy atom. The zero-order chi connectivity index (χ0) is 19.7. The van der Waals surface area contributed by atoms with Crippen LogP contribution < -0.4 is 10.6 Å². The average molecular weight is 398 g/mol. The molecule has 0 bridgehead atoms. The molecule has 146 valence electrons. The van der Waals surface area contributed by atoms with Crippen LogP contribution in [-0.2, 0) is 16.0 Å². The molecule has 28 heavy (non-hydrogen) atoms. The van der Waals surface area contributed by atoms with E-state index in [2.05, 4.69) is 25.7 Å². The fourth-order valence-electron chi connectivity index (χ4n) is 3.73. The SMILES string of the molecule is Cc1nc2ncnn2c(C)c1CCC(=O)N[C@@H]1CCC(=O)N[C@H]1c1cccs1. The van der Waals surface area contributed by atoms with Crippen LogP contribution in [0.5, 0.6) is 0 Å². The van der Waals surface area contributed by atoms with Gasteiger partial charge in [0, 0.05) is 29.1 Å². The van der Waals surface area contributed by atoms with Crippen molar-refractivity contribution in [3.8, 4) is 0 Å². The summed E-state index contributed by atoms with van der Waals surface area (Å²) < 4.78 is 1.70. The minimum atomic E-state index is -0.165. The summed E-state index contributed by atoms with van der Waals surface area (Å²) in [6.07, 6.45) is 3.48. The molecule has 3 aromatic heterocycles. The van der Waals surface area contributed by atoms with Crippen LogP contribution in [-0.4, -0.2) is 37.4 Å². The predicted molar refractivity (Wildman–Crippen MR) is 105 cm³/mol. The lowest BCUT2D eigenvalue weighted by Crippen LogP contribution is -2.49. The second kappa shape index (κ2) is 7.67. The van der Waals surface area contributed by atoms with Gasteiger partial charge in [-0.1, -0.05) is 6.07 Å². The first-order valence-electron chi connectivity index (χ1n) is 9.31. The molecule has 8 nitrogen and oxygen atoms in total. The maximum atomic E-state index is 12.6. The lowest BCUT2D eigenvalue weighted by molar-refractivity contribution is -0.127. The number of hydrogen-bond acceptors (Lipinski definition) is 6. The third-order valence-electron chi connectivity index (χ3n) is 5.19. The predicted octanol–water partition coefficient (Wildman–Crippen LogP) is 1.87. The van der Waals surface area contributed by atoms with Gasteiger partial charge in [0.25, 0.3) is 5.78 Å². The van der Waals surface area contributed by atoms with Crippen molar-refractivity contribution < 1.29 is 9.59 Å². The molecule has 4 rings (SSSR count).